The lowest BCUT2D eigenvalue weighted by molar-refractivity contribution is -0.116. The number of hydrogen-bond donors (Lipinski definition) is 2. The van der Waals surface area contributed by atoms with Gasteiger partial charge in [0.2, 0.25) is 17.8 Å². The molecular formula is C18H25N5O4S. The topological polar surface area (TPSA) is 117 Å². The van der Waals surface area contributed by atoms with Crippen molar-refractivity contribution in [2.75, 3.05) is 36.2 Å². The number of benzene rings is 1. The third kappa shape index (κ3) is 5.69. The normalized spacial score (nSPS) is 14.7. The molecule has 1 aromatic heterocycles. The molecule has 1 aliphatic rings. The Balaban J connectivity index is 1.38. The number of amides is 1. The van der Waals surface area contributed by atoms with E-state index in [9.17, 15) is 13.2 Å². The van der Waals surface area contributed by atoms with Crippen molar-refractivity contribution in [1.29, 1.82) is 0 Å². The monoisotopic (exact) mass is 407 g/mol. The fourth-order valence-corrected chi connectivity index (χ4v) is 3.58. The van der Waals surface area contributed by atoms with E-state index in [-0.39, 0.29) is 17.2 Å². The predicted octanol–water partition coefficient (Wildman–Crippen LogP) is 2.00. The molecule has 2 aromatic rings. The molecule has 0 radical (unpaired) electrons. The maximum Gasteiger partial charge on any atom is 0.246 e. The Labute approximate surface area is 164 Å². The van der Waals surface area contributed by atoms with Gasteiger partial charge in [-0.1, -0.05) is 0 Å². The van der Waals surface area contributed by atoms with Gasteiger partial charge in [0.05, 0.1) is 11.5 Å². The molecule has 3 rings (SSSR count). The van der Waals surface area contributed by atoms with E-state index in [0.717, 1.165) is 32.2 Å². The van der Waals surface area contributed by atoms with Gasteiger partial charge >= 0.3 is 0 Å². The van der Waals surface area contributed by atoms with Gasteiger partial charge in [-0.25, -0.2) is 13.5 Å². The molecule has 9 nitrogen and oxygen atoms in total. The summed E-state index contributed by atoms with van der Waals surface area (Å²) >= 11 is 0. The molecule has 0 bridgehead atoms. The molecule has 2 heterocycles. The summed E-state index contributed by atoms with van der Waals surface area (Å²) in [5, 5.41) is 9.62. The van der Waals surface area contributed by atoms with Crippen molar-refractivity contribution in [3.05, 3.63) is 24.3 Å². The summed E-state index contributed by atoms with van der Waals surface area (Å²) < 4.78 is 28.4. The van der Waals surface area contributed by atoms with Gasteiger partial charge < -0.3 is 9.64 Å². The van der Waals surface area contributed by atoms with Gasteiger partial charge in [-0.3, -0.25) is 10.1 Å². The number of aromatic amines is 1. The highest BCUT2D eigenvalue weighted by atomic mass is 32.2. The third-order valence-corrected chi connectivity index (χ3v) is 5.57. The van der Waals surface area contributed by atoms with E-state index in [0.29, 0.717) is 30.7 Å². The summed E-state index contributed by atoms with van der Waals surface area (Å²) in [6.07, 6.45) is 5.45. The van der Waals surface area contributed by atoms with Gasteiger partial charge in [0.1, 0.15) is 5.75 Å². The highest BCUT2D eigenvalue weighted by Gasteiger charge is 2.16. The second kappa shape index (κ2) is 9.05. The first-order valence-corrected chi connectivity index (χ1v) is 11.2. The van der Waals surface area contributed by atoms with Crippen LogP contribution in [-0.4, -0.2) is 55.5 Å². The van der Waals surface area contributed by atoms with Crippen molar-refractivity contribution < 1.29 is 17.9 Å². The Kier molecular flexibility index (Phi) is 6.50. The molecule has 1 aromatic carbocycles. The van der Waals surface area contributed by atoms with E-state index in [4.69, 9.17) is 4.74 Å². The van der Waals surface area contributed by atoms with Crippen molar-refractivity contribution in [2.24, 2.45) is 0 Å². The number of nitrogens with one attached hydrogen (secondary N) is 2. The Morgan fingerprint density at radius 3 is 2.61 bits per heavy atom. The second-order valence-corrected chi connectivity index (χ2v) is 8.79. The maximum absolute atomic E-state index is 12.0. The molecule has 0 unspecified atom stereocenters. The van der Waals surface area contributed by atoms with Crippen LogP contribution in [0.1, 0.15) is 32.1 Å². The van der Waals surface area contributed by atoms with Crippen LogP contribution in [0.15, 0.2) is 29.2 Å². The number of aromatic nitrogens is 3. The Bertz CT molecular complexity index is 889. The smallest absolute Gasteiger partial charge is 0.246 e. The van der Waals surface area contributed by atoms with Crippen LogP contribution in [-0.2, 0) is 14.6 Å². The van der Waals surface area contributed by atoms with Crippen LogP contribution < -0.4 is 15.0 Å². The van der Waals surface area contributed by atoms with Crippen molar-refractivity contribution in [3.63, 3.8) is 0 Å². The summed E-state index contributed by atoms with van der Waals surface area (Å²) in [5.74, 6) is 1.37. The van der Waals surface area contributed by atoms with Crippen molar-refractivity contribution in [2.45, 2.75) is 37.0 Å². The van der Waals surface area contributed by atoms with E-state index >= 15 is 0 Å². The number of ether oxygens (including phenoxy) is 1. The van der Waals surface area contributed by atoms with Gasteiger partial charge in [0, 0.05) is 25.8 Å². The van der Waals surface area contributed by atoms with Gasteiger partial charge in [-0.2, -0.15) is 4.98 Å². The fraction of sp³-hybridized carbons (Fsp3) is 0.500. The van der Waals surface area contributed by atoms with Crippen LogP contribution >= 0.6 is 0 Å². The molecule has 1 saturated heterocycles. The lowest BCUT2D eigenvalue weighted by atomic mass is 10.1. The number of sulfone groups is 1. The van der Waals surface area contributed by atoms with E-state index in [1.807, 2.05) is 0 Å². The number of anilines is 2. The maximum atomic E-state index is 12.0. The standard InChI is InChI=1S/C18H25N5O4S/c1-28(25,26)15-9-7-14(8-10-15)27-13-5-6-16(24)19-17-20-18(22-21-17)23-11-3-2-4-12-23/h7-10H,2-6,11-13H2,1H3,(H2,19,20,21,22,24). The molecule has 1 aliphatic heterocycles. The Morgan fingerprint density at radius 2 is 1.93 bits per heavy atom. The minimum absolute atomic E-state index is 0.169. The van der Waals surface area contributed by atoms with Gasteiger partial charge in [0.15, 0.2) is 9.84 Å². The van der Waals surface area contributed by atoms with Crippen LogP contribution in [0.25, 0.3) is 0 Å². The average Bonchev–Trinajstić information content (AvgIpc) is 3.14. The molecule has 152 valence electrons. The molecule has 0 aliphatic carbocycles. The minimum atomic E-state index is -3.22. The van der Waals surface area contributed by atoms with E-state index in [1.165, 1.54) is 18.6 Å². The van der Waals surface area contributed by atoms with Crippen LogP contribution in [0, 0.1) is 0 Å². The number of rotatable bonds is 8. The molecule has 0 atom stereocenters. The second-order valence-electron chi connectivity index (χ2n) is 6.78. The van der Waals surface area contributed by atoms with Crippen molar-refractivity contribution in [1.82, 2.24) is 15.2 Å². The SMILES string of the molecule is CS(=O)(=O)c1ccc(OCCCC(=O)Nc2nc(N3CCCCC3)n[nH]2)cc1. The molecule has 10 heteroatoms. The number of hydrogen-bond acceptors (Lipinski definition) is 7. The van der Waals surface area contributed by atoms with E-state index < -0.39 is 9.84 Å². The first kappa shape index (κ1) is 20.1. The summed E-state index contributed by atoms with van der Waals surface area (Å²) in [6.45, 7) is 2.22. The quantitative estimate of drug-likeness (QED) is 0.643. The van der Waals surface area contributed by atoms with Crippen molar-refractivity contribution >= 4 is 27.6 Å². The predicted molar refractivity (Wildman–Crippen MR) is 105 cm³/mol. The fourth-order valence-electron chi connectivity index (χ4n) is 2.94. The third-order valence-electron chi connectivity index (χ3n) is 4.44. The summed E-state index contributed by atoms with van der Waals surface area (Å²) in [4.78, 5) is 18.7. The molecule has 1 amide bonds. The Hall–Kier alpha value is -2.62. The molecule has 0 spiro atoms. The highest BCUT2D eigenvalue weighted by Crippen LogP contribution is 2.17. The van der Waals surface area contributed by atoms with Gasteiger partial charge in [0.25, 0.3) is 0 Å². The van der Waals surface area contributed by atoms with Gasteiger partial charge in [-0.15, -0.1) is 5.10 Å². The zero-order valence-electron chi connectivity index (χ0n) is 15.8. The van der Waals surface area contributed by atoms with Crippen LogP contribution in [0.4, 0.5) is 11.9 Å². The molecular weight excluding hydrogens is 382 g/mol. The Morgan fingerprint density at radius 1 is 1.21 bits per heavy atom. The minimum Gasteiger partial charge on any atom is -0.494 e. The number of nitrogens with zero attached hydrogens (tertiary/aromatic N) is 3. The lowest BCUT2D eigenvalue weighted by Crippen LogP contribution is -2.30. The molecule has 28 heavy (non-hydrogen) atoms. The zero-order chi connectivity index (χ0) is 20.0. The van der Waals surface area contributed by atoms with Crippen LogP contribution in [0.3, 0.4) is 0 Å². The molecule has 1 fully saturated rings. The largest absolute Gasteiger partial charge is 0.494 e. The average molecular weight is 407 g/mol. The number of piperidine rings is 1. The molecule has 0 saturated carbocycles. The summed E-state index contributed by atoms with van der Waals surface area (Å²) in [6, 6.07) is 6.21. The summed E-state index contributed by atoms with van der Waals surface area (Å²) in [7, 11) is -3.22. The number of H-pyrrole nitrogens is 1. The van der Waals surface area contributed by atoms with E-state index in [2.05, 4.69) is 25.4 Å². The van der Waals surface area contributed by atoms with Gasteiger partial charge in [-0.05, 0) is 49.9 Å². The van der Waals surface area contributed by atoms with Crippen LogP contribution in [0.5, 0.6) is 5.75 Å². The number of carbonyl (C=O) groups excluding carboxylic acids is 1. The van der Waals surface area contributed by atoms with E-state index in [1.54, 1.807) is 12.1 Å². The molecule has 2 N–H and O–H groups in total. The van der Waals surface area contributed by atoms with Crippen LogP contribution in [0.2, 0.25) is 0 Å². The number of carbonyl (C=O) groups is 1. The summed E-state index contributed by atoms with van der Waals surface area (Å²) in [5.41, 5.74) is 0. The lowest BCUT2D eigenvalue weighted by Gasteiger charge is -2.24. The highest BCUT2D eigenvalue weighted by molar-refractivity contribution is 7.90. The first-order valence-electron chi connectivity index (χ1n) is 9.32. The zero-order valence-corrected chi connectivity index (χ0v) is 16.7. The van der Waals surface area contributed by atoms with Crippen molar-refractivity contribution in [3.8, 4) is 5.75 Å². The first-order chi connectivity index (χ1) is 13.4.